The van der Waals surface area contributed by atoms with E-state index in [1.807, 2.05) is 24.3 Å². The van der Waals surface area contributed by atoms with Gasteiger partial charge in [-0.1, -0.05) is 36.4 Å². The number of benzene rings is 2. The molecular formula is C21H22F2O. The highest BCUT2D eigenvalue weighted by atomic mass is 19.2. The van der Waals surface area contributed by atoms with Crippen molar-refractivity contribution in [3.8, 4) is 16.9 Å². The van der Waals surface area contributed by atoms with E-state index in [1.165, 1.54) is 30.5 Å². The van der Waals surface area contributed by atoms with E-state index in [0.29, 0.717) is 17.4 Å². The number of hydrogen-bond acceptors (Lipinski definition) is 1. The first kappa shape index (κ1) is 16.7. The third-order valence-electron chi connectivity index (χ3n) is 4.99. The molecule has 2 aromatic rings. The van der Waals surface area contributed by atoms with Gasteiger partial charge in [0.05, 0.1) is 0 Å². The predicted octanol–water partition coefficient (Wildman–Crippen LogP) is 6.19. The van der Waals surface area contributed by atoms with Crippen LogP contribution in [0.5, 0.6) is 5.75 Å². The summed E-state index contributed by atoms with van der Waals surface area (Å²) >= 11 is 0. The van der Waals surface area contributed by atoms with Gasteiger partial charge in [0, 0.05) is 5.56 Å². The van der Waals surface area contributed by atoms with Gasteiger partial charge in [0.2, 0.25) is 5.82 Å². The maximum atomic E-state index is 14.0. The van der Waals surface area contributed by atoms with Crippen molar-refractivity contribution in [2.24, 2.45) is 5.92 Å². The zero-order valence-electron chi connectivity index (χ0n) is 13.8. The van der Waals surface area contributed by atoms with Gasteiger partial charge in [0.25, 0.3) is 0 Å². The van der Waals surface area contributed by atoms with Crippen LogP contribution in [-0.4, -0.2) is 5.11 Å². The number of aromatic hydroxyl groups is 1. The van der Waals surface area contributed by atoms with Crippen molar-refractivity contribution in [3.63, 3.8) is 0 Å². The highest BCUT2D eigenvalue weighted by Gasteiger charge is 2.21. The molecule has 2 aromatic carbocycles. The molecule has 3 rings (SSSR count). The van der Waals surface area contributed by atoms with E-state index < -0.39 is 17.4 Å². The first-order valence-electron chi connectivity index (χ1n) is 8.50. The SMILES string of the molecule is CC=CC1CCC(c2ccc(-c3ccc(O)c(F)c3F)cc2)CC1. The topological polar surface area (TPSA) is 20.2 Å². The maximum absolute atomic E-state index is 14.0. The van der Waals surface area contributed by atoms with Gasteiger partial charge in [-0.2, -0.15) is 4.39 Å². The fourth-order valence-electron chi connectivity index (χ4n) is 3.61. The maximum Gasteiger partial charge on any atom is 0.200 e. The van der Waals surface area contributed by atoms with Gasteiger partial charge in [-0.15, -0.1) is 0 Å². The Balaban J connectivity index is 1.76. The molecule has 1 saturated carbocycles. The van der Waals surface area contributed by atoms with Crippen LogP contribution in [0.1, 0.15) is 44.1 Å². The summed E-state index contributed by atoms with van der Waals surface area (Å²) in [5, 5.41) is 9.23. The van der Waals surface area contributed by atoms with Gasteiger partial charge in [-0.05, 0) is 67.7 Å². The first-order chi connectivity index (χ1) is 11.6. The van der Waals surface area contributed by atoms with Gasteiger partial charge in [-0.25, -0.2) is 4.39 Å². The van der Waals surface area contributed by atoms with E-state index in [-0.39, 0.29) is 5.56 Å². The fraction of sp³-hybridized carbons (Fsp3) is 0.333. The molecule has 0 aromatic heterocycles. The minimum atomic E-state index is -1.20. The monoisotopic (exact) mass is 328 g/mol. The summed E-state index contributed by atoms with van der Waals surface area (Å²) in [5.74, 6) is -1.62. The molecule has 1 fully saturated rings. The Kier molecular flexibility index (Phi) is 4.98. The van der Waals surface area contributed by atoms with Crippen molar-refractivity contribution in [2.45, 2.75) is 38.5 Å². The molecule has 126 valence electrons. The van der Waals surface area contributed by atoms with Gasteiger partial charge < -0.3 is 5.11 Å². The molecule has 0 aliphatic heterocycles. The van der Waals surface area contributed by atoms with Crippen LogP contribution in [0.25, 0.3) is 11.1 Å². The van der Waals surface area contributed by atoms with Gasteiger partial charge >= 0.3 is 0 Å². The molecule has 1 nitrogen and oxygen atoms in total. The Morgan fingerprint density at radius 3 is 2.21 bits per heavy atom. The lowest BCUT2D eigenvalue weighted by Gasteiger charge is -2.27. The lowest BCUT2D eigenvalue weighted by molar-refractivity contribution is 0.376. The van der Waals surface area contributed by atoms with Crippen LogP contribution in [-0.2, 0) is 0 Å². The minimum Gasteiger partial charge on any atom is -0.505 e. The van der Waals surface area contributed by atoms with E-state index >= 15 is 0 Å². The van der Waals surface area contributed by atoms with Gasteiger partial charge in [0.15, 0.2) is 11.6 Å². The van der Waals surface area contributed by atoms with Crippen molar-refractivity contribution in [2.75, 3.05) is 0 Å². The Hall–Kier alpha value is -2.16. The molecule has 24 heavy (non-hydrogen) atoms. The Bertz CT molecular complexity index is 726. The lowest BCUT2D eigenvalue weighted by Crippen LogP contribution is -2.11. The molecule has 1 N–H and O–H groups in total. The zero-order chi connectivity index (χ0) is 17.1. The van der Waals surface area contributed by atoms with E-state index in [2.05, 4.69) is 19.1 Å². The summed E-state index contributed by atoms with van der Waals surface area (Å²) in [5.41, 5.74) is 2.06. The van der Waals surface area contributed by atoms with Crippen LogP contribution < -0.4 is 0 Å². The third-order valence-corrected chi connectivity index (χ3v) is 4.99. The predicted molar refractivity (Wildman–Crippen MR) is 93.0 cm³/mol. The van der Waals surface area contributed by atoms with Crippen molar-refractivity contribution in [1.82, 2.24) is 0 Å². The van der Waals surface area contributed by atoms with Crippen molar-refractivity contribution < 1.29 is 13.9 Å². The number of phenolic OH excluding ortho intramolecular Hbond substituents is 1. The van der Waals surface area contributed by atoms with Crippen LogP contribution in [0, 0.1) is 17.6 Å². The molecule has 1 aliphatic rings. The summed E-state index contributed by atoms with van der Waals surface area (Å²) in [6.45, 7) is 2.07. The number of halogens is 2. The van der Waals surface area contributed by atoms with Gasteiger partial charge in [0.1, 0.15) is 0 Å². The smallest absolute Gasteiger partial charge is 0.200 e. The standard InChI is InChI=1S/C21H22F2O/c1-2-3-14-4-6-15(7-5-14)16-8-10-17(11-9-16)18-12-13-19(24)21(23)20(18)22/h2-3,8-15,24H,4-7H2,1H3. The second-order valence-electron chi connectivity index (χ2n) is 6.52. The second-order valence-corrected chi connectivity index (χ2v) is 6.52. The number of hydrogen-bond donors (Lipinski definition) is 1. The molecule has 0 atom stereocenters. The summed E-state index contributed by atoms with van der Waals surface area (Å²) < 4.78 is 27.5. The molecule has 0 heterocycles. The lowest BCUT2D eigenvalue weighted by atomic mass is 9.78. The Morgan fingerprint density at radius 2 is 1.58 bits per heavy atom. The molecular weight excluding hydrogens is 306 g/mol. The molecule has 0 saturated heterocycles. The number of allylic oxidation sites excluding steroid dienone is 2. The third kappa shape index (κ3) is 3.35. The largest absolute Gasteiger partial charge is 0.505 e. The van der Waals surface area contributed by atoms with Crippen LogP contribution in [0.4, 0.5) is 8.78 Å². The molecule has 0 bridgehead atoms. The van der Waals surface area contributed by atoms with E-state index in [9.17, 15) is 13.9 Å². The van der Waals surface area contributed by atoms with Crippen molar-refractivity contribution in [1.29, 1.82) is 0 Å². The number of rotatable bonds is 3. The average molecular weight is 328 g/mol. The van der Waals surface area contributed by atoms with E-state index in [0.717, 1.165) is 12.8 Å². The summed E-state index contributed by atoms with van der Waals surface area (Å²) in [6, 6.07) is 10.3. The molecule has 1 aliphatic carbocycles. The molecule has 0 radical (unpaired) electrons. The normalized spacial score (nSPS) is 21.3. The van der Waals surface area contributed by atoms with Crippen molar-refractivity contribution >= 4 is 0 Å². The Morgan fingerprint density at radius 1 is 0.917 bits per heavy atom. The molecule has 0 spiro atoms. The average Bonchev–Trinajstić information content (AvgIpc) is 2.61. The first-order valence-corrected chi connectivity index (χ1v) is 8.50. The summed E-state index contributed by atoms with van der Waals surface area (Å²) in [6.07, 6.45) is 9.16. The molecule has 3 heteroatoms. The molecule has 0 unspecified atom stereocenters. The van der Waals surface area contributed by atoms with Crippen molar-refractivity contribution in [3.05, 3.63) is 65.7 Å². The zero-order valence-corrected chi connectivity index (χ0v) is 13.8. The quantitative estimate of drug-likeness (QED) is 0.666. The van der Waals surface area contributed by atoms with Gasteiger partial charge in [-0.3, -0.25) is 0 Å². The van der Waals surface area contributed by atoms with E-state index in [4.69, 9.17) is 0 Å². The van der Waals surface area contributed by atoms with Crippen LogP contribution >= 0.6 is 0 Å². The summed E-state index contributed by atoms with van der Waals surface area (Å²) in [7, 11) is 0. The fourth-order valence-corrected chi connectivity index (χ4v) is 3.61. The van der Waals surface area contributed by atoms with Crippen LogP contribution in [0.3, 0.4) is 0 Å². The minimum absolute atomic E-state index is 0.175. The van der Waals surface area contributed by atoms with E-state index in [1.54, 1.807) is 0 Å². The number of phenols is 1. The highest BCUT2D eigenvalue weighted by molar-refractivity contribution is 5.65. The second kappa shape index (κ2) is 7.16. The van der Waals surface area contributed by atoms with Crippen LogP contribution in [0.2, 0.25) is 0 Å². The molecule has 0 amide bonds. The Labute approximate surface area is 141 Å². The highest BCUT2D eigenvalue weighted by Crippen LogP contribution is 2.37. The summed E-state index contributed by atoms with van der Waals surface area (Å²) in [4.78, 5) is 0. The van der Waals surface area contributed by atoms with Crippen LogP contribution in [0.15, 0.2) is 48.6 Å².